The van der Waals surface area contributed by atoms with E-state index in [1.807, 2.05) is 42.1 Å². The van der Waals surface area contributed by atoms with Gasteiger partial charge in [0, 0.05) is 34.7 Å². The Kier molecular flexibility index (Phi) is 4.32. The van der Waals surface area contributed by atoms with Gasteiger partial charge in [0.05, 0.1) is 17.4 Å². The molecule has 0 fully saturated rings. The zero-order valence-electron chi connectivity index (χ0n) is 16.8. The first-order valence-corrected chi connectivity index (χ1v) is 9.95. The van der Waals surface area contributed by atoms with Crippen LogP contribution in [0.3, 0.4) is 0 Å². The highest BCUT2D eigenvalue weighted by molar-refractivity contribution is 6.09. The van der Waals surface area contributed by atoms with Crippen molar-refractivity contribution in [3.05, 3.63) is 78.4 Å². The monoisotopic (exact) mass is 395 g/mol. The minimum Gasteiger partial charge on any atom is -0.361 e. The summed E-state index contributed by atoms with van der Waals surface area (Å²) in [5.74, 6) is -0.235. The fourth-order valence-electron chi connectivity index (χ4n) is 3.88. The third kappa shape index (κ3) is 3.03. The standard InChI is InChI=1S/C24H21N5O/c1-3-29-23-13-16(17-7-5-8-20-18(17)10-11-25-20)12-22(19(23)14-26-29)28-24(30)21-9-4-6-15(2)27-21/h4-14,25H,3H2,1-2H3,(H,28,30). The van der Waals surface area contributed by atoms with Gasteiger partial charge in [-0.25, -0.2) is 4.98 Å². The van der Waals surface area contributed by atoms with Crippen LogP contribution in [-0.2, 0) is 6.54 Å². The molecule has 0 bridgehead atoms. The Morgan fingerprint density at radius 3 is 2.80 bits per heavy atom. The molecular weight excluding hydrogens is 374 g/mol. The number of benzene rings is 2. The molecule has 0 radical (unpaired) electrons. The summed E-state index contributed by atoms with van der Waals surface area (Å²) in [4.78, 5) is 20.5. The van der Waals surface area contributed by atoms with Crippen molar-refractivity contribution in [3.63, 3.8) is 0 Å². The van der Waals surface area contributed by atoms with E-state index in [1.54, 1.807) is 12.3 Å². The van der Waals surface area contributed by atoms with Crippen molar-refractivity contribution in [2.45, 2.75) is 20.4 Å². The molecule has 0 aliphatic heterocycles. The summed E-state index contributed by atoms with van der Waals surface area (Å²) in [7, 11) is 0. The summed E-state index contributed by atoms with van der Waals surface area (Å²) in [6.45, 7) is 4.67. The number of pyridine rings is 1. The maximum atomic E-state index is 12.9. The number of nitrogens with one attached hydrogen (secondary N) is 2. The molecule has 0 aliphatic rings. The molecule has 148 valence electrons. The lowest BCUT2D eigenvalue weighted by atomic mass is 9.99. The van der Waals surface area contributed by atoms with Gasteiger partial charge in [-0.05, 0) is 61.4 Å². The predicted octanol–water partition coefficient (Wildman–Crippen LogP) is 5.16. The van der Waals surface area contributed by atoms with E-state index in [-0.39, 0.29) is 5.91 Å². The first-order chi connectivity index (χ1) is 14.6. The van der Waals surface area contributed by atoms with E-state index in [0.717, 1.165) is 50.9 Å². The van der Waals surface area contributed by atoms with Gasteiger partial charge < -0.3 is 10.3 Å². The van der Waals surface area contributed by atoms with Crippen molar-refractivity contribution in [2.75, 3.05) is 5.32 Å². The fraction of sp³-hybridized carbons (Fsp3) is 0.125. The van der Waals surface area contributed by atoms with Gasteiger partial charge in [-0.2, -0.15) is 5.10 Å². The number of carbonyl (C=O) groups is 1. The number of rotatable bonds is 4. The van der Waals surface area contributed by atoms with E-state index in [4.69, 9.17) is 0 Å². The number of hydrogen-bond acceptors (Lipinski definition) is 3. The first-order valence-electron chi connectivity index (χ1n) is 9.95. The van der Waals surface area contributed by atoms with E-state index in [9.17, 15) is 4.79 Å². The SMILES string of the molecule is CCn1ncc2c(NC(=O)c3cccc(C)n3)cc(-c3cccc4[nH]ccc34)cc21. The number of carbonyl (C=O) groups excluding carboxylic acids is 1. The predicted molar refractivity (Wildman–Crippen MR) is 120 cm³/mol. The number of fused-ring (bicyclic) bond motifs is 2. The van der Waals surface area contributed by atoms with Gasteiger partial charge in [0.15, 0.2) is 0 Å². The van der Waals surface area contributed by atoms with Crippen molar-refractivity contribution < 1.29 is 4.79 Å². The summed E-state index contributed by atoms with van der Waals surface area (Å²) in [5, 5.41) is 9.60. The summed E-state index contributed by atoms with van der Waals surface area (Å²) in [6.07, 6.45) is 3.74. The van der Waals surface area contributed by atoms with Crippen molar-refractivity contribution in [1.82, 2.24) is 19.7 Å². The topological polar surface area (TPSA) is 75.6 Å². The zero-order chi connectivity index (χ0) is 20.7. The lowest BCUT2D eigenvalue weighted by molar-refractivity contribution is 0.102. The minimum atomic E-state index is -0.235. The molecule has 0 saturated heterocycles. The Morgan fingerprint density at radius 2 is 1.97 bits per heavy atom. The van der Waals surface area contributed by atoms with Crippen molar-refractivity contribution in [3.8, 4) is 11.1 Å². The highest BCUT2D eigenvalue weighted by atomic mass is 16.1. The van der Waals surface area contributed by atoms with E-state index in [1.165, 1.54) is 0 Å². The van der Waals surface area contributed by atoms with Gasteiger partial charge in [-0.3, -0.25) is 9.48 Å². The molecule has 5 rings (SSSR count). The van der Waals surface area contributed by atoms with Crippen LogP contribution in [0.15, 0.2) is 67.0 Å². The number of aromatic nitrogens is 4. The van der Waals surface area contributed by atoms with Gasteiger partial charge >= 0.3 is 0 Å². The van der Waals surface area contributed by atoms with Gasteiger partial charge in [0.1, 0.15) is 5.69 Å². The molecular formula is C24H21N5O. The molecule has 1 amide bonds. The Balaban J connectivity index is 1.67. The summed E-state index contributed by atoms with van der Waals surface area (Å²) in [6, 6.07) is 17.8. The highest BCUT2D eigenvalue weighted by Crippen LogP contribution is 2.34. The maximum absolute atomic E-state index is 12.9. The average Bonchev–Trinajstić information content (AvgIpc) is 3.40. The second kappa shape index (κ2) is 7.15. The smallest absolute Gasteiger partial charge is 0.274 e. The van der Waals surface area contributed by atoms with Crippen LogP contribution < -0.4 is 5.32 Å². The lowest BCUT2D eigenvalue weighted by Gasteiger charge is -2.12. The second-order valence-electron chi connectivity index (χ2n) is 7.28. The molecule has 6 heteroatoms. The number of nitrogens with zero attached hydrogens (tertiary/aromatic N) is 3. The largest absolute Gasteiger partial charge is 0.361 e. The van der Waals surface area contributed by atoms with Gasteiger partial charge in [-0.15, -0.1) is 0 Å². The summed E-state index contributed by atoms with van der Waals surface area (Å²) >= 11 is 0. The molecule has 3 heterocycles. The third-order valence-corrected chi connectivity index (χ3v) is 5.34. The zero-order valence-corrected chi connectivity index (χ0v) is 16.8. The number of aromatic amines is 1. The molecule has 2 N–H and O–H groups in total. The molecule has 0 aliphatic carbocycles. The molecule has 2 aromatic carbocycles. The third-order valence-electron chi connectivity index (χ3n) is 5.34. The van der Waals surface area contributed by atoms with Crippen LogP contribution in [0.25, 0.3) is 32.9 Å². The first kappa shape index (κ1) is 18.1. The van der Waals surface area contributed by atoms with Crippen molar-refractivity contribution >= 4 is 33.4 Å². The van der Waals surface area contributed by atoms with Crippen LogP contribution >= 0.6 is 0 Å². The normalized spacial score (nSPS) is 11.3. The molecule has 0 unspecified atom stereocenters. The number of H-pyrrole nitrogens is 1. The maximum Gasteiger partial charge on any atom is 0.274 e. The molecule has 5 aromatic rings. The lowest BCUT2D eigenvalue weighted by Crippen LogP contribution is -2.14. The van der Waals surface area contributed by atoms with Crippen LogP contribution in [0.2, 0.25) is 0 Å². The Labute approximate surface area is 173 Å². The summed E-state index contributed by atoms with van der Waals surface area (Å²) in [5.41, 5.74) is 6.10. The van der Waals surface area contributed by atoms with Crippen LogP contribution in [0.5, 0.6) is 0 Å². The quantitative estimate of drug-likeness (QED) is 0.441. The molecule has 3 aromatic heterocycles. The fourth-order valence-corrected chi connectivity index (χ4v) is 3.88. The highest BCUT2D eigenvalue weighted by Gasteiger charge is 2.15. The van der Waals surface area contributed by atoms with E-state index in [2.05, 4.69) is 51.6 Å². The number of aryl methyl sites for hydroxylation is 2. The second-order valence-corrected chi connectivity index (χ2v) is 7.28. The van der Waals surface area contributed by atoms with E-state index >= 15 is 0 Å². The molecule has 0 saturated carbocycles. The van der Waals surface area contributed by atoms with Crippen molar-refractivity contribution in [2.24, 2.45) is 0 Å². The van der Waals surface area contributed by atoms with Crippen LogP contribution in [0, 0.1) is 6.92 Å². The van der Waals surface area contributed by atoms with Crippen LogP contribution in [-0.4, -0.2) is 25.7 Å². The van der Waals surface area contributed by atoms with Gasteiger partial charge in [0.2, 0.25) is 0 Å². The Bertz CT molecular complexity index is 1400. The number of amides is 1. The Morgan fingerprint density at radius 1 is 1.10 bits per heavy atom. The van der Waals surface area contributed by atoms with Crippen LogP contribution in [0.1, 0.15) is 23.1 Å². The minimum absolute atomic E-state index is 0.235. The molecule has 6 nitrogen and oxygen atoms in total. The number of hydrogen-bond donors (Lipinski definition) is 2. The van der Waals surface area contributed by atoms with Gasteiger partial charge in [-0.1, -0.05) is 18.2 Å². The molecule has 0 spiro atoms. The number of anilines is 1. The molecule has 0 atom stereocenters. The van der Waals surface area contributed by atoms with Crippen LogP contribution in [0.4, 0.5) is 5.69 Å². The molecule has 30 heavy (non-hydrogen) atoms. The van der Waals surface area contributed by atoms with E-state index < -0.39 is 0 Å². The van der Waals surface area contributed by atoms with Crippen molar-refractivity contribution in [1.29, 1.82) is 0 Å². The Hall–Kier alpha value is -3.93. The average molecular weight is 395 g/mol. The summed E-state index contributed by atoms with van der Waals surface area (Å²) < 4.78 is 1.94. The van der Waals surface area contributed by atoms with E-state index in [0.29, 0.717) is 5.69 Å². The van der Waals surface area contributed by atoms with Gasteiger partial charge in [0.25, 0.3) is 5.91 Å².